The minimum absolute atomic E-state index is 0.565. The lowest BCUT2D eigenvalue weighted by atomic mass is 9.63. The van der Waals surface area contributed by atoms with Crippen LogP contribution < -0.4 is 5.43 Å². The van der Waals surface area contributed by atoms with Crippen LogP contribution in [0.1, 0.15) is 33.4 Å². The molecule has 0 fully saturated rings. The van der Waals surface area contributed by atoms with Crippen molar-refractivity contribution in [1.82, 2.24) is 4.57 Å². The number of aromatic nitrogens is 1. The van der Waals surface area contributed by atoms with Gasteiger partial charge in [-0.3, -0.25) is 5.43 Å². The lowest BCUT2D eigenvalue weighted by Gasteiger charge is -2.41. The summed E-state index contributed by atoms with van der Waals surface area (Å²) in [7, 11) is 0. The van der Waals surface area contributed by atoms with Crippen LogP contribution >= 0.6 is 0 Å². The topological polar surface area (TPSA) is 29.3 Å². The summed E-state index contributed by atoms with van der Waals surface area (Å²) in [6.07, 6.45) is 0. The molecule has 0 spiro atoms. The van der Waals surface area contributed by atoms with Crippen LogP contribution in [-0.4, -0.2) is 10.3 Å². The molecule has 0 aliphatic carbocycles. The van der Waals surface area contributed by atoms with Gasteiger partial charge in [-0.1, -0.05) is 158 Å². The van der Waals surface area contributed by atoms with E-state index in [0.717, 1.165) is 22.5 Å². The summed E-state index contributed by atoms with van der Waals surface area (Å²) in [5.41, 5.74) is 15.5. The fourth-order valence-corrected chi connectivity index (χ4v) is 7.61. The first-order valence-corrected chi connectivity index (χ1v) is 16.1. The smallest absolute Gasteiger partial charge is 0.0977 e. The number of hydrazone groups is 1. The van der Waals surface area contributed by atoms with Gasteiger partial charge < -0.3 is 4.57 Å². The number of para-hydroxylation sites is 3. The van der Waals surface area contributed by atoms with Crippen molar-refractivity contribution in [1.29, 1.82) is 0 Å². The Morgan fingerprint density at radius 1 is 0.489 bits per heavy atom. The van der Waals surface area contributed by atoms with Crippen molar-refractivity contribution < 1.29 is 0 Å². The van der Waals surface area contributed by atoms with Gasteiger partial charge in [0.05, 0.1) is 33.5 Å². The third-order valence-electron chi connectivity index (χ3n) is 9.54. The molecule has 47 heavy (non-hydrogen) atoms. The molecule has 0 saturated heterocycles. The second-order valence-electron chi connectivity index (χ2n) is 12.1. The van der Waals surface area contributed by atoms with Gasteiger partial charge in [0.2, 0.25) is 0 Å². The molecule has 1 N–H and O–H groups in total. The predicted octanol–water partition coefficient (Wildman–Crippen LogP) is 10.3. The fourth-order valence-electron chi connectivity index (χ4n) is 7.61. The van der Waals surface area contributed by atoms with Crippen LogP contribution in [-0.2, 0) is 5.41 Å². The molecule has 8 aromatic rings. The summed E-state index contributed by atoms with van der Waals surface area (Å²) >= 11 is 0. The summed E-state index contributed by atoms with van der Waals surface area (Å²) in [4.78, 5) is 0. The number of anilines is 1. The summed E-state index contributed by atoms with van der Waals surface area (Å²) in [6, 6.07) is 64.9. The lowest BCUT2D eigenvalue weighted by Crippen LogP contribution is -2.35. The minimum atomic E-state index is -0.565. The van der Waals surface area contributed by atoms with E-state index in [1.165, 1.54) is 49.7 Å². The zero-order valence-electron chi connectivity index (χ0n) is 25.7. The van der Waals surface area contributed by atoms with E-state index in [9.17, 15) is 0 Å². The monoisotopic (exact) mass is 601 g/mol. The van der Waals surface area contributed by atoms with Gasteiger partial charge >= 0.3 is 0 Å². The van der Waals surface area contributed by atoms with E-state index in [4.69, 9.17) is 5.10 Å². The van der Waals surface area contributed by atoms with Crippen LogP contribution in [0.15, 0.2) is 187 Å². The van der Waals surface area contributed by atoms with Crippen LogP contribution in [0.2, 0.25) is 0 Å². The summed E-state index contributed by atoms with van der Waals surface area (Å²) in [5, 5.41) is 7.56. The molecule has 1 aliphatic rings. The average molecular weight is 602 g/mol. The molecule has 1 atom stereocenters. The van der Waals surface area contributed by atoms with Crippen LogP contribution in [0, 0.1) is 0 Å². The quantitative estimate of drug-likeness (QED) is 0.149. The fraction of sp³-hybridized carbons (Fsp3) is 0.0227. The lowest BCUT2D eigenvalue weighted by molar-refractivity contribution is 0.728. The van der Waals surface area contributed by atoms with Crippen molar-refractivity contribution in [2.45, 2.75) is 5.41 Å². The third-order valence-corrected chi connectivity index (χ3v) is 9.54. The second kappa shape index (κ2) is 11.0. The highest BCUT2D eigenvalue weighted by atomic mass is 15.3. The van der Waals surface area contributed by atoms with E-state index < -0.39 is 5.41 Å². The Kier molecular flexibility index (Phi) is 6.36. The number of rotatable bonds is 6. The maximum atomic E-state index is 5.03. The van der Waals surface area contributed by atoms with Gasteiger partial charge in [0, 0.05) is 21.9 Å². The van der Waals surface area contributed by atoms with E-state index in [-0.39, 0.29) is 0 Å². The molecule has 1 unspecified atom stereocenters. The second-order valence-corrected chi connectivity index (χ2v) is 12.1. The van der Waals surface area contributed by atoms with Crippen LogP contribution in [0.5, 0.6) is 0 Å². The third kappa shape index (κ3) is 4.17. The minimum Gasteiger partial charge on any atom is -0.309 e. The Morgan fingerprint density at radius 2 is 1.06 bits per heavy atom. The molecule has 1 aromatic heterocycles. The maximum Gasteiger partial charge on any atom is 0.0977 e. The Morgan fingerprint density at radius 3 is 1.83 bits per heavy atom. The molecule has 0 saturated carbocycles. The van der Waals surface area contributed by atoms with Crippen molar-refractivity contribution in [3.8, 4) is 5.69 Å². The first-order valence-electron chi connectivity index (χ1n) is 16.1. The SMILES string of the molecule is c1ccc(C(=NNc2cccc(C3(c4ccccc4)c4ccccc4-n4c5ccccc5c5cccc3c54)c2)c2ccccc2)cc1. The largest absolute Gasteiger partial charge is 0.309 e. The number of nitrogens with one attached hydrogen (secondary N) is 1. The first-order chi connectivity index (χ1) is 23.3. The number of nitrogens with zero attached hydrogens (tertiary/aromatic N) is 2. The Bertz CT molecular complexity index is 2380. The number of hydrogen-bond acceptors (Lipinski definition) is 2. The molecule has 7 aromatic carbocycles. The van der Waals surface area contributed by atoms with Crippen molar-refractivity contribution in [2.24, 2.45) is 5.10 Å². The highest BCUT2D eigenvalue weighted by Crippen LogP contribution is 2.54. The van der Waals surface area contributed by atoms with Gasteiger partial charge in [0.25, 0.3) is 0 Å². The van der Waals surface area contributed by atoms with Crippen LogP contribution in [0.25, 0.3) is 27.5 Å². The highest BCUT2D eigenvalue weighted by Gasteiger charge is 2.45. The predicted molar refractivity (Wildman–Crippen MR) is 195 cm³/mol. The maximum absolute atomic E-state index is 5.03. The molecule has 3 nitrogen and oxygen atoms in total. The van der Waals surface area contributed by atoms with Gasteiger partial charge in [-0.25, -0.2) is 0 Å². The van der Waals surface area contributed by atoms with Gasteiger partial charge in [-0.15, -0.1) is 0 Å². The van der Waals surface area contributed by atoms with Crippen molar-refractivity contribution in [3.05, 3.63) is 215 Å². The molecule has 9 rings (SSSR count). The summed E-state index contributed by atoms with van der Waals surface area (Å²) < 4.78 is 2.47. The Labute approximate surface area is 274 Å². The van der Waals surface area contributed by atoms with Gasteiger partial charge in [-0.2, -0.15) is 5.10 Å². The molecular formula is C44H31N3. The molecule has 1 aliphatic heterocycles. The molecule has 0 radical (unpaired) electrons. The number of benzene rings is 7. The van der Waals surface area contributed by atoms with Crippen LogP contribution in [0.3, 0.4) is 0 Å². The molecule has 3 heteroatoms. The number of hydrogen-bond donors (Lipinski definition) is 1. The molecule has 0 bridgehead atoms. The highest BCUT2D eigenvalue weighted by molar-refractivity contribution is 6.13. The number of fused-ring (bicyclic) bond motifs is 5. The molecule has 2 heterocycles. The van der Waals surface area contributed by atoms with Gasteiger partial charge in [0.15, 0.2) is 0 Å². The van der Waals surface area contributed by atoms with E-state index in [0.29, 0.717) is 0 Å². The van der Waals surface area contributed by atoms with E-state index >= 15 is 0 Å². The van der Waals surface area contributed by atoms with Crippen molar-refractivity contribution in [2.75, 3.05) is 5.43 Å². The molecule has 0 amide bonds. The molecular weight excluding hydrogens is 571 g/mol. The molecule has 222 valence electrons. The van der Waals surface area contributed by atoms with Crippen molar-refractivity contribution in [3.63, 3.8) is 0 Å². The van der Waals surface area contributed by atoms with E-state index in [1.807, 2.05) is 12.1 Å². The summed E-state index contributed by atoms with van der Waals surface area (Å²) in [5.74, 6) is 0. The Hall–Kier alpha value is -6.19. The average Bonchev–Trinajstić information content (AvgIpc) is 3.49. The van der Waals surface area contributed by atoms with Crippen molar-refractivity contribution >= 4 is 33.2 Å². The normalized spacial score (nSPS) is 14.9. The van der Waals surface area contributed by atoms with E-state index in [2.05, 4.69) is 180 Å². The van der Waals surface area contributed by atoms with Crippen LogP contribution in [0.4, 0.5) is 5.69 Å². The Balaban J connectivity index is 1.30. The summed E-state index contributed by atoms with van der Waals surface area (Å²) in [6.45, 7) is 0. The zero-order chi connectivity index (χ0) is 31.2. The first kappa shape index (κ1) is 27.1. The zero-order valence-corrected chi connectivity index (χ0v) is 25.7. The van der Waals surface area contributed by atoms with Gasteiger partial charge in [-0.05, 0) is 46.5 Å². The van der Waals surface area contributed by atoms with E-state index in [1.54, 1.807) is 0 Å². The standard InChI is InChI=1S/C44H31N3/c1-4-16-31(17-5-1)42(32-18-6-2-7-19-32)46-45-35-23-14-22-34(30-35)44(33-20-8-3-9-21-33)38-26-11-13-29-41(38)47-40-28-12-10-24-36(40)37-25-15-27-39(44)43(37)47/h1-30,45H. The van der Waals surface area contributed by atoms with Gasteiger partial charge in [0.1, 0.15) is 0 Å².